The first-order chi connectivity index (χ1) is 10.6. The van der Waals surface area contributed by atoms with E-state index in [-0.39, 0.29) is 5.78 Å². The molecule has 0 atom stereocenters. The molecule has 0 radical (unpaired) electrons. The summed E-state index contributed by atoms with van der Waals surface area (Å²) < 4.78 is 0. The molecule has 1 aliphatic rings. The largest absolute Gasteiger partial charge is 0.352 e. The highest BCUT2D eigenvalue weighted by Crippen LogP contribution is 2.28. The molecule has 3 aromatic rings. The summed E-state index contributed by atoms with van der Waals surface area (Å²) in [6.45, 7) is 2.65. The van der Waals surface area contributed by atoms with Gasteiger partial charge >= 0.3 is 0 Å². The lowest BCUT2D eigenvalue weighted by molar-refractivity contribution is 0.103. The monoisotopic (exact) mass is 308 g/mol. The van der Waals surface area contributed by atoms with Gasteiger partial charge in [-0.05, 0) is 41.8 Å². The molecule has 0 saturated heterocycles. The van der Waals surface area contributed by atoms with Gasteiger partial charge in [-0.15, -0.1) is 0 Å². The third kappa shape index (κ3) is 1.97. The molecule has 3 nitrogen and oxygen atoms in total. The van der Waals surface area contributed by atoms with E-state index in [9.17, 15) is 4.79 Å². The number of hydrogen-bond donors (Lipinski definition) is 1. The van der Waals surface area contributed by atoms with Gasteiger partial charge in [-0.2, -0.15) is 0 Å². The Labute approximate surface area is 132 Å². The number of rotatable bonds is 2. The first-order valence-corrected chi connectivity index (χ1v) is 7.46. The zero-order chi connectivity index (χ0) is 15.3. The van der Waals surface area contributed by atoms with Crippen molar-refractivity contribution in [1.82, 2.24) is 4.98 Å². The fourth-order valence-electron chi connectivity index (χ4n) is 2.80. The summed E-state index contributed by atoms with van der Waals surface area (Å²) in [6.07, 6.45) is 1.82. The van der Waals surface area contributed by atoms with Crippen LogP contribution in [0.25, 0.3) is 10.9 Å². The quantitative estimate of drug-likeness (QED) is 0.705. The van der Waals surface area contributed by atoms with Gasteiger partial charge in [-0.1, -0.05) is 29.8 Å². The average Bonchev–Trinajstić information content (AvgIpc) is 3.16. The van der Waals surface area contributed by atoms with Crippen molar-refractivity contribution in [2.24, 2.45) is 4.99 Å². The number of benzene rings is 2. The predicted molar refractivity (Wildman–Crippen MR) is 89.2 cm³/mol. The molecule has 108 valence electrons. The SMILES string of the molecule is Cc1ccc2[nH]c(C(=O)c3ccc4c(c3)C=NC4)cc2c1Cl. The summed E-state index contributed by atoms with van der Waals surface area (Å²) in [6, 6.07) is 11.4. The molecule has 0 fully saturated rings. The number of aryl methyl sites for hydroxylation is 1. The molecular weight excluding hydrogens is 296 g/mol. The van der Waals surface area contributed by atoms with Crippen molar-refractivity contribution < 1.29 is 4.79 Å². The summed E-state index contributed by atoms with van der Waals surface area (Å²) in [5.74, 6) is -0.0342. The first-order valence-electron chi connectivity index (χ1n) is 7.09. The number of ketones is 1. The lowest BCUT2D eigenvalue weighted by Crippen LogP contribution is -2.02. The lowest BCUT2D eigenvalue weighted by atomic mass is 10.0. The van der Waals surface area contributed by atoms with E-state index >= 15 is 0 Å². The molecule has 22 heavy (non-hydrogen) atoms. The molecule has 1 aromatic heterocycles. The van der Waals surface area contributed by atoms with Gasteiger partial charge in [0.1, 0.15) is 0 Å². The number of hydrogen-bond acceptors (Lipinski definition) is 2. The van der Waals surface area contributed by atoms with E-state index in [2.05, 4.69) is 9.98 Å². The third-order valence-electron chi connectivity index (χ3n) is 4.08. The van der Waals surface area contributed by atoms with Crippen LogP contribution in [0, 0.1) is 6.92 Å². The molecule has 4 rings (SSSR count). The van der Waals surface area contributed by atoms with Gasteiger partial charge in [0.05, 0.1) is 17.3 Å². The Kier molecular flexibility index (Phi) is 2.91. The van der Waals surface area contributed by atoms with Gasteiger partial charge in [-0.25, -0.2) is 0 Å². The van der Waals surface area contributed by atoms with Crippen LogP contribution in [-0.4, -0.2) is 17.0 Å². The lowest BCUT2D eigenvalue weighted by Gasteiger charge is -2.01. The molecule has 0 spiro atoms. The van der Waals surface area contributed by atoms with Gasteiger partial charge in [0.25, 0.3) is 0 Å². The summed E-state index contributed by atoms with van der Waals surface area (Å²) in [5, 5.41) is 1.57. The molecule has 0 aliphatic carbocycles. The third-order valence-corrected chi connectivity index (χ3v) is 4.58. The van der Waals surface area contributed by atoms with Crippen LogP contribution >= 0.6 is 11.6 Å². The van der Waals surface area contributed by atoms with Gasteiger partial charge in [0.2, 0.25) is 5.78 Å². The fraction of sp³-hybridized carbons (Fsp3) is 0.111. The topological polar surface area (TPSA) is 45.2 Å². The number of carbonyl (C=O) groups is 1. The molecule has 0 unspecified atom stereocenters. The minimum absolute atomic E-state index is 0.0342. The zero-order valence-electron chi connectivity index (χ0n) is 12.0. The van der Waals surface area contributed by atoms with Crippen molar-refractivity contribution >= 4 is 34.5 Å². The molecule has 4 heteroatoms. The second-order valence-electron chi connectivity index (χ2n) is 5.55. The Morgan fingerprint density at radius 3 is 2.95 bits per heavy atom. The van der Waals surface area contributed by atoms with Gasteiger partial charge in [0.15, 0.2) is 0 Å². The van der Waals surface area contributed by atoms with E-state index < -0.39 is 0 Å². The normalized spacial score (nSPS) is 12.8. The van der Waals surface area contributed by atoms with Crippen LogP contribution in [0.15, 0.2) is 41.4 Å². The molecule has 2 aromatic carbocycles. The van der Waals surface area contributed by atoms with E-state index in [0.29, 0.717) is 22.8 Å². The Bertz CT molecular complexity index is 953. The van der Waals surface area contributed by atoms with Crippen molar-refractivity contribution in [3.8, 4) is 0 Å². The number of aromatic nitrogens is 1. The maximum absolute atomic E-state index is 12.7. The van der Waals surface area contributed by atoms with Crippen LogP contribution in [0.4, 0.5) is 0 Å². The number of H-pyrrole nitrogens is 1. The van der Waals surface area contributed by atoms with E-state index in [1.54, 1.807) is 0 Å². The van der Waals surface area contributed by atoms with Crippen molar-refractivity contribution in [2.75, 3.05) is 0 Å². The molecule has 0 amide bonds. The second-order valence-corrected chi connectivity index (χ2v) is 5.93. The number of aromatic amines is 1. The number of halogens is 1. The van der Waals surface area contributed by atoms with Crippen molar-refractivity contribution in [3.05, 3.63) is 69.4 Å². The van der Waals surface area contributed by atoms with E-state index in [0.717, 1.165) is 27.6 Å². The molecular formula is C18H13ClN2O. The van der Waals surface area contributed by atoms with Crippen molar-refractivity contribution in [1.29, 1.82) is 0 Å². The van der Waals surface area contributed by atoms with Crippen LogP contribution < -0.4 is 0 Å². The molecule has 1 aliphatic heterocycles. The van der Waals surface area contributed by atoms with E-state index in [1.807, 2.05) is 49.5 Å². The van der Waals surface area contributed by atoms with Gasteiger partial charge in [-0.3, -0.25) is 9.79 Å². The maximum atomic E-state index is 12.7. The Morgan fingerprint density at radius 1 is 1.23 bits per heavy atom. The van der Waals surface area contributed by atoms with E-state index in [1.165, 1.54) is 0 Å². The number of aliphatic imine (C=N–C) groups is 1. The summed E-state index contributed by atoms with van der Waals surface area (Å²) >= 11 is 6.32. The minimum atomic E-state index is -0.0342. The second kappa shape index (κ2) is 4.82. The minimum Gasteiger partial charge on any atom is -0.352 e. The number of nitrogens with zero attached hydrogens (tertiary/aromatic N) is 1. The van der Waals surface area contributed by atoms with Gasteiger partial charge < -0.3 is 4.98 Å². The molecule has 0 bridgehead atoms. The Morgan fingerprint density at radius 2 is 2.09 bits per heavy atom. The predicted octanol–water partition coefficient (Wildman–Crippen LogP) is 4.29. The summed E-state index contributed by atoms with van der Waals surface area (Å²) in [5.41, 5.74) is 5.27. The smallest absolute Gasteiger partial charge is 0.209 e. The van der Waals surface area contributed by atoms with Crippen LogP contribution in [0.2, 0.25) is 5.02 Å². The number of carbonyl (C=O) groups excluding carboxylic acids is 1. The Balaban J connectivity index is 1.80. The zero-order valence-corrected chi connectivity index (χ0v) is 12.7. The number of nitrogens with one attached hydrogen (secondary N) is 1. The van der Waals surface area contributed by atoms with Crippen molar-refractivity contribution in [3.63, 3.8) is 0 Å². The molecule has 2 heterocycles. The molecule has 1 N–H and O–H groups in total. The first kappa shape index (κ1) is 13.3. The van der Waals surface area contributed by atoms with E-state index in [4.69, 9.17) is 11.6 Å². The van der Waals surface area contributed by atoms with Crippen LogP contribution in [0.3, 0.4) is 0 Å². The summed E-state index contributed by atoms with van der Waals surface area (Å²) in [4.78, 5) is 20.1. The standard InChI is InChI=1S/C18H13ClN2O/c1-10-2-5-15-14(17(10)19)7-16(21-15)18(22)11-3-4-12-8-20-9-13(12)6-11/h2-7,9,21H,8H2,1H3. The maximum Gasteiger partial charge on any atom is 0.209 e. The number of fused-ring (bicyclic) bond motifs is 2. The van der Waals surface area contributed by atoms with Crippen LogP contribution in [0.5, 0.6) is 0 Å². The van der Waals surface area contributed by atoms with Crippen LogP contribution in [-0.2, 0) is 6.54 Å². The molecule has 0 saturated carbocycles. The van der Waals surface area contributed by atoms with Crippen molar-refractivity contribution in [2.45, 2.75) is 13.5 Å². The Hall–Kier alpha value is -2.39. The van der Waals surface area contributed by atoms with Gasteiger partial charge in [0, 0.05) is 22.7 Å². The highest BCUT2D eigenvalue weighted by Gasteiger charge is 2.16. The highest BCUT2D eigenvalue weighted by atomic mass is 35.5. The average molecular weight is 309 g/mol. The summed E-state index contributed by atoms with van der Waals surface area (Å²) in [7, 11) is 0. The van der Waals surface area contributed by atoms with Crippen LogP contribution in [0.1, 0.15) is 32.7 Å². The highest BCUT2D eigenvalue weighted by molar-refractivity contribution is 6.36. The fourth-order valence-corrected chi connectivity index (χ4v) is 3.02.